The summed E-state index contributed by atoms with van der Waals surface area (Å²) in [6.45, 7) is 1.67. The van der Waals surface area contributed by atoms with Crippen molar-refractivity contribution in [3.63, 3.8) is 0 Å². The molecule has 216 valence electrons. The molecule has 0 fully saturated rings. The van der Waals surface area contributed by atoms with E-state index in [0.717, 1.165) is 65.6 Å². The number of benzene rings is 1. The fourth-order valence-electron chi connectivity index (χ4n) is 4.65. The zero-order chi connectivity index (χ0) is 29.1. The van der Waals surface area contributed by atoms with Crippen molar-refractivity contribution >= 4 is 50.4 Å². The summed E-state index contributed by atoms with van der Waals surface area (Å²) in [4.78, 5) is 38.0. The highest BCUT2D eigenvalue weighted by Gasteiger charge is 2.34. The van der Waals surface area contributed by atoms with E-state index in [4.69, 9.17) is 26.4 Å². The highest BCUT2D eigenvalue weighted by atomic mass is 32.9. The number of methoxy groups -OCH3 is 2. The standard InChI is InChI=1S/C30H36O7S3/c1-19-22(27(32)29(36-3)28(35-2)26(19)31)12-10-8-6-4-5-7-9-11-13-23(30(33)34)37-21-16-14-20(15-17-21)24-18-25(38)40-39-24/h14-18,23H,4-13H2,1-3H3,(H,33,34). The van der Waals surface area contributed by atoms with Crippen LogP contribution >= 0.6 is 32.9 Å². The van der Waals surface area contributed by atoms with E-state index in [9.17, 15) is 19.5 Å². The monoisotopic (exact) mass is 604 g/mol. The van der Waals surface area contributed by atoms with Crippen molar-refractivity contribution in [3.8, 4) is 16.2 Å². The van der Waals surface area contributed by atoms with Crippen LogP contribution in [0.4, 0.5) is 0 Å². The number of hydrogen-bond donors (Lipinski definition) is 1. The quantitative estimate of drug-likeness (QED) is 0.0842. The number of carbonyl (C=O) groups is 3. The zero-order valence-electron chi connectivity index (χ0n) is 23.2. The average molecular weight is 605 g/mol. The summed E-state index contributed by atoms with van der Waals surface area (Å²) in [5.74, 6) is -0.983. The Labute approximate surface area is 247 Å². The number of carbonyl (C=O) groups excluding carboxylic acids is 2. The summed E-state index contributed by atoms with van der Waals surface area (Å²) < 4.78 is 16.8. The van der Waals surface area contributed by atoms with Crippen LogP contribution in [-0.2, 0) is 23.9 Å². The molecule has 7 nitrogen and oxygen atoms in total. The molecule has 3 rings (SSSR count). The van der Waals surface area contributed by atoms with E-state index in [0.29, 0.717) is 29.7 Å². The van der Waals surface area contributed by atoms with Crippen LogP contribution in [0.15, 0.2) is 53.0 Å². The Morgan fingerprint density at radius 1 is 0.875 bits per heavy atom. The molecule has 0 aliphatic heterocycles. The van der Waals surface area contributed by atoms with Gasteiger partial charge in [-0.05, 0) is 68.5 Å². The van der Waals surface area contributed by atoms with E-state index < -0.39 is 12.1 Å². The van der Waals surface area contributed by atoms with Crippen LogP contribution in [0, 0.1) is 3.82 Å². The first-order chi connectivity index (χ1) is 19.3. The maximum absolute atomic E-state index is 12.7. The van der Waals surface area contributed by atoms with Gasteiger partial charge in [0.15, 0.2) is 6.10 Å². The zero-order valence-corrected chi connectivity index (χ0v) is 25.6. The second-order valence-corrected chi connectivity index (χ2v) is 12.6. The molecule has 1 heterocycles. The predicted molar refractivity (Wildman–Crippen MR) is 160 cm³/mol. The molecule has 1 aliphatic carbocycles. The third-order valence-corrected chi connectivity index (χ3v) is 9.80. The lowest BCUT2D eigenvalue weighted by atomic mass is 9.89. The smallest absolute Gasteiger partial charge is 0.344 e. The van der Waals surface area contributed by atoms with Gasteiger partial charge in [-0.1, -0.05) is 71.4 Å². The van der Waals surface area contributed by atoms with Crippen LogP contribution in [0.5, 0.6) is 5.75 Å². The Morgan fingerprint density at radius 2 is 1.45 bits per heavy atom. The van der Waals surface area contributed by atoms with Gasteiger partial charge in [0.25, 0.3) is 0 Å². The first-order valence-electron chi connectivity index (χ1n) is 13.5. The molecule has 1 atom stereocenters. The van der Waals surface area contributed by atoms with Crippen molar-refractivity contribution < 1.29 is 33.7 Å². The molecular weight excluding hydrogens is 569 g/mol. The van der Waals surface area contributed by atoms with Gasteiger partial charge in [0, 0.05) is 16.0 Å². The van der Waals surface area contributed by atoms with Crippen LogP contribution < -0.4 is 4.74 Å². The van der Waals surface area contributed by atoms with E-state index in [-0.39, 0.29) is 23.1 Å². The Balaban J connectivity index is 1.30. The molecule has 0 spiro atoms. The van der Waals surface area contributed by atoms with Crippen molar-refractivity contribution in [1.29, 1.82) is 0 Å². The van der Waals surface area contributed by atoms with Gasteiger partial charge in [-0.15, -0.1) is 0 Å². The molecule has 2 aromatic rings. The minimum Gasteiger partial charge on any atom is -0.489 e. The molecule has 0 radical (unpaired) electrons. The van der Waals surface area contributed by atoms with Crippen molar-refractivity contribution in [2.24, 2.45) is 0 Å². The third kappa shape index (κ3) is 8.59. The molecule has 1 aromatic carbocycles. The lowest BCUT2D eigenvalue weighted by molar-refractivity contribution is -0.145. The van der Waals surface area contributed by atoms with Crippen molar-refractivity contribution in [2.75, 3.05) is 14.2 Å². The largest absolute Gasteiger partial charge is 0.489 e. The Hall–Kier alpha value is -2.82. The lowest BCUT2D eigenvalue weighted by Gasteiger charge is -2.20. The van der Waals surface area contributed by atoms with Crippen molar-refractivity contribution in [1.82, 2.24) is 0 Å². The van der Waals surface area contributed by atoms with E-state index >= 15 is 0 Å². The SMILES string of the molecule is COC1=C(OC)C(=O)C(CCCCCCCCCCC(Oc2ccc(-c3cc(=S)ss3)cc2)C(=O)O)=C(C)C1=O. The molecule has 10 heteroatoms. The molecule has 40 heavy (non-hydrogen) atoms. The number of ketones is 2. The van der Waals surface area contributed by atoms with E-state index in [1.165, 1.54) is 14.2 Å². The lowest BCUT2D eigenvalue weighted by Crippen LogP contribution is -2.26. The normalized spacial score (nSPS) is 14.5. The summed E-state index contributed by atoms with van der Waals surface area (Å²) in [6.07, 6.45) is 7.90. The molecule has 0 saturated heterocycles. The number of hydrogen-bond acceptors (Lipinski definition) is 9. The number of unbranched alkanes of at least 4 members (excludes halogenated alkanes) is 7. The fraction of sp³-hybridized carbons (Fsp3) is 0.467. The summed E-state index contributed by atoms with van der Waals surface area (Å²) in [5.41, 5.74) is 2.00. The summed E-state index contributed by atoms with van der Waals surface area (Å²) in [7, 11) is 5.92. The number of allylic oxidation sites excluding steroid dienone is 2. The topological polar surface area (TPSA) is 99.1 Å². The van der Waals surface area contributed by atoms with Crippen molar-refractivity contribution in [2.45, 2.75) is 77.2 Å². The molecular formula is C30H36O7S3. The van der Waals surface area contributed by atoms with Gasteiger partial charge in [0.05, 0.1) is 14.2 Å². The number of aliphatic carboxylic acids is 1. The van der Waals surface area contributed by atoms with Crippen LogP contribution in [0.3, 0.4) is 0 Å². The Bertz CT molecular complexity index is 1300. The summed E-state index contributed by atoms with van der Waals surface area (Å²) in [5, 5.41) is 9.60. The minimum absolute atomic E-state index is 0.0114. The van der Waals surface area contributed by atoms with Gasteiger partial charge in [0.2, 0.25) is 23.1 Å². The van der Waals surface area contributed by atoms with Gasteiger partial charge in [0.1, 0.15) is 9.57 Å². The second-order valence-electron chi connectivity index (χ2n) is 9.66. The number of rotatable bonds is 17. The summed E-state index contributed by atoms with van der Waals surface area (Å²) in [6, 6.07) is 9.44. The summed E-state index contributed by atoms with van der Waals surface area (Å²) >= 11 is 5.19. The molecule has 1 aliphatic rings. The minimum atomic E-state index is -0.949. The maximum atomic E-state index is 12.7. The average Bonchev–Trinajstić information content (AvgIpc) is 3.38. The fourth-order valence-corrected chi connectivity index (χ4v) is 7.05. The van der Waals surface area contributed by atoms with Gasteiger partial charge in [-0.2, -0.15) is 0 Å². The Kier molecular flexibility index (Phi) is 12.5. The number of Topliss-reactive ketones (excluding diaryl/α,β-unsaturated/α-hetero) is 2. The van der Waals surface area contributed by atoms with E-state index in [2.05, 4.69) is 0 Å². The molecule has 1 unspecified atom stereocenters. The molecule has 0 amide bonds. The molecule has 0 saturated carbocycles. The highest BCUT2D eigenvalue weighted by Crippen LogP contribution is 2.31. The van der Waals surface area contributed by atoms with Gasteiger partial charge >= 0.3 is 5.97 Å². The third-order valence-electron chi connectivity index (χ3n) is 6.89. The van der Waals surface area contributed by atoms with E-state index in [1.807, 2.05) is 30.3 Å². The second kappa shape index (κ2) is 15.8. The van der Waals surface area contributed by atoms with Crippen LogP contribution in [0.25, 0.3) is 10.4 Å². The first kappa shape index (κ1) is 31.7. The molecule has 0 bridgehead atoms. The first-order valence-corrected chi connectivity index (χ1v) is 16.0. The number of carboxylic acid groups (broad SMARTS) is 1. The highest BCUT2D eigenvalue weighted by molar-refractivity contribution is 7.80. The maximum Gasteiger partial charge on any atom is 0.344 e. The molecule has 1 aromatic heterocycles. The van der Waals surface area contributed by atoms with Gasteiger partial charge < -0.3 is 19.3 Å². The van der Waals surface area contributed by atoms with Gasteiger partial charge in [-0.25, -0.2) is 4.79 Å². The van der Waals surface area contributed by atoms with E-state index in [1.54, 1.807) is 27.6 Å². The number of carboxylic acids is 1. The Morgan fingerprint density at radius 3 is 2.00 bits per heavy atom. The van der Waals surface area contributed by atoms with Gasteiger partial charge in [-0.3, -0.25) is 9.59 Å². The van der Waals surface area contributed by atoms with Crippen LogP contribution in [-0.4, -0.2) is 43.0 Å². The molecule has 1 N–H and O–H groups in total. The number of ether oxygens (including phenoxy) is 3. The van der Waals surface area contributed by atoms with Crippen molar-refractivity contribution in [3.05, 3.63) is 56.8 Å². The van der Waals surface area contributed by atoms with Crippen LogP contribution in [0.1, 0.15) is 71.1 Å². The van der Waals surface area contributed by atoms with Crippen LogP contribution in [0.2, 0.25) is 0 Å². The predicted octanol–water partition coefficient (Wildman–Crippen LogP) is 7.91.